The van der Waals surface area contributed by atoms with E-state index in [9.17, 15) is 9.18 Å². The maximum atomic E-state index is 13.9. The molecule has 1 atom stereocenters. The van der Waals surface area contributed by atoms with Gasteiger partial charge in [-0.05, 0) is 54.2 Å². The van der Waals surface area contributed by atoms with Gasteiger partial charge in [0, 0.05) is 11.8 Å². The van der Waals surface area contributed by atoms with E-state index in [4.69, 9.17) is 4.74 Å². The molecule has 2 aromatic carbocycles. The third-order valence-electron chi connectivity index (χ3n) is 6.75. The lowest BCUT2D eigenvalue weighted by Crippen LogP contribution is -2.14. The third kappa shape index (κ3) is 10.1. The van der Waals surface area contributed by atoms with Gasteiger partial charge in [-0.25, -0.2) is 4.39 Å². The highest BCUT2D eigenvalue weighted by Crippen LogP contribution is 2.26. The number of halogens is 1. The standard InChI is InChI=1S/C33H42FNO2/c1-3-5-7-8-9-11-12-26-14-23-32(35-25-26)29-17-15-27(16-18-29)28-19-21-31(22-20-28)37-33(36)24-30(34)13-10-6-4-2/h14-23,25,30H,3-13,24H2,1-2H3. The van der Waals surface area contributed by atoms with E-state index < -0.39 is 12.1 Å². The van der Waals surface area contributed by atoms with E-state index in [0.29, 0.717) is 12.2 Å². The Morgan fingerprint density at radius 2 is 1.35 bits per heavy atom. The Bertz CT molecular complexity index is 1050. The van der Waals surface area contributed by atoms with Crippen LogP contribution in [0.1, 0.15) is 90.0 Å². The van der Waals surface area contributed by atoms with Crippen molar-refractivity contribution in [2.45, 2.75) is 97.1 Å². The van der Waals surface area contributed by atoms with Gasteiger partial charge in [0.15, 0.2) is 0 Å². The summed E-state index contributed by atoms with van der Waals surface area (Å²) in [7, 11) is 0. The van der Waals surface area contributed by atoms with Crippen molar-refractivity contribution in [2.24, 2.45) is 0 Å². The van der Waals surface area contributed by atoms with Crippen molar-refractivity contribution in [3.05, 3.63) is 72.4 Å². The average molecular weight is 504 g/mol. The highest BCUT2D eigenvalue weighted by Gasteiger charge is 2.14. The average Bonchev–Trinajstić information content (AvgIpc) is 2.92. The summed E-state index contributed by atoms with van der Waals surface area (Å²) in [6.45, 7) is 4.33. The molecule has 1 unspecified atom stereocenters. The second kappa shape index (κ2) is 16.0. The summed E-state index contributed by atoms with van der Waals surface area (Å²) in [6, 6.07) is 20.0. The SMILES string of the molecule is CCCCCCCCc1ccc(-c2ccc(-c3ccc(OC(=O)CC(F)CCCCC)cc3)cc2)nc1. The van der Waals surface area contributed by atoms with E-state index in [2.05, 4.69) is 55.2 Å². The van der Waals surface area contributed by atoms with Crippen LogP contribution in [0, 0.1) is 0 Å². The number of carbonyl (C=O) groups excluding carboxylic acids is 1. The summed E-state index contributed by atoms with van der Waals surface area (Å²) in [4.78, 5) is 16.7. The Kier molecular flexibility index (Phi) is 12.3. The predicted molar refractivity (Wildman–Crippen MR) is 151 cm³/mol. The van der Waals surface area contributed by atoms with Crippen molar-refractivity contribution in [3.8, 4) is 28.1 Å². The molecule has 0 aliphatic rings. The molecule has 0 radical (unpaired) electrons. The van der Waals surface area contributed by atoms with Gasteiger partial charge in [-0.2, -0.15) is 0 Å². The van der Waals surface area contributed by atoms with Gasteiger partial charge in [0.1, 0.15) is 11.9 Å². The van der Waals surface area contributed by atoms with Crippen LogP contribution in [0.4, 0.5) is 4.39 Å². The highest BCUT2D eigenvalue weighted by atomic mass is 19.1. The van der Waals surface area contributed by atoms with E-state index in [-0.39, 0.29) is 6.42 Å². The minimum Gasteiger partial charge on any atom is -0.426 e. The Hall–Kier alpha value is -3.01. The van der Waals surface area contributed by atoms with Crippen molar-refractivity contribution >= 4 is 5.97 Å². The number of unbranched alkanes of at least 4 members (excludes halogenated alkanes) is 7. The fourth-order valence-electron chi connectivity index (χ4n) is 4.47. The number of aryl methyl sites for hydroxylation is 1. The van der Waals surface area contributed by atoms with Crippen LogP contribution in [0.3, 0.4) is 0 Å². The molecule has 0 saturated carbocycles. The zero-order valence-corrected chi connectivity index (χ0v) is 22.6. The minimum atomic E-state index is -1.14. The fourth-order valence-corrected chi connectivity index (χ4v) is 4.47. The molecule has 37 heavy (non-hydrogen) atoms. The first-order valence-electron chi connectivity index (χ1n) is 14.1. The molecule has 198 valence electrons. The van der Waals surface area contributed by atoms with Crippen LogP contribution in [-0.4, -0.2) is 17.1 Å². The molecule has 3 aromatic rings. The molecule has 1 heterocycles. The van der Waals surface area contributed by atoms with Gasteiger partial charge in [0.05, 0.1) is 12.1 Å². The number of alkyl halides is 1. The van der Waals surface area contributed by atoms with Crippen LogP contribution in [-0.2, 0) is 11.2 Å². The second-order valence-electron chi connectivity index (χ2n) is 9.94. The number of aromatic nitrogens is 1. The lowest BCUT2D eigenvalue weighted by molar-refractivity contribution is -0.135. The van der Waals surface area contributed by atoms with Gasteiger partial charge < -0.3 is 4.74 Å². The molecule has 0 N–H and O–H groups in total. The molecule has 1 aromatic heterocycles. The predicted octanol–water partition coefficient (Wildman–Crippen LogP) is 9.53. The van der Waals surface area contributed by atoms with Crippen LogP contribution < -0.4 is 4.74 Å². The zero-order chi connectivity index (χ0) is 26.3. The molecule has 0 spiro atoms. The Labute approximate surface area is 222 Å². The van der Waals surface area contributed by atoms with Gasteiger partial charge in [0.25, 0.3) is 0 Å². The maximum Gasteiger partial charge on any atom is 0.314 e. The topological polar surface area (TPSA) is 39.2 Å². The van der Waals surface area contributed by atoms with E-state index in [1.54, 1.807) is 12.1 Å². The lowest BCUT2D eigenvalue weighted by Gasteiger charge is -2.09. The smallest absolute Gasteiger partial charge is 0.314 e. The number of benzene rings is 2. The van der Waals surface area contributed by atoms with Gasteiger partial charge in [0.2, 0.25) is 0 Å². The molecule has 0 saturated heterocycles. The van der Waals surface area contributed by atoms with Crippen LogP contribution >= 0.6 is 0 Å². The first-order valence-corrected chi connectivity index (χ1v) is 14.1. The number of ether oxygens (including phenoxy) is 1. The van der Waals surface area contributed by atoms with Gasteiger partial charge in [-0.15, -0.1) is 0 Å². The first-order chi connectivity index (χ1) is 18.1. The number of pyridine rings is 1. The fraction of sp³-hybridized carbons (Fsp3) is 0.455. The monoisotopic (exact) mass is 503 g/mol. The molecule has 4 heteroatoms. The molecule has 0 amide bonds. The lowest BCUT2D eigenvalue weighted by atomic mass is 10.0. The largest absolute Gasteiger partial charge is 0.426 e. The van der Waals surface area contributed by atoms with Crippen molar-refractivity contribution in [3.63, 3.8) is 0 Å². The third-order valence-corrected chi connectivity index (χ3v) is 6.75. The van der Waals surface area contributed by atoms with Crippen LogP contribution in [0.25, 0.3) is 22.4 Å². The maximum absolute atomic E-state index is 13.9. The van der Waals surface area contributed by atoms with Crippen LogP contribution in [0.15, 0.2) is 66.9 Å². The summed E-state index contributed by atoms with van der Waals surface area (Å²) in [5.41, 5.74) is 5.45. The number of nitrogens with zero attached hydrogens (tertiary/aromatic N) is 1. The summed E-state index contributed by atoms with van der Waals surface area (Å²) >= 11 is 0. The molecule has 0 bridgehead atoms. The van der Waals surface area contributed by atoms with Crippen molar-refractivity contribution in [2.75, 3.05) is 0 Å². The van der Waals surface area contributed by atoms with Gasteiger partial charge in [-0.3, -0.25) is 9.78 Å². The second-order valence-corrected chi connectivity index (χ2v) is 9.94. The van der Waals surface area contributed by atoms with Crippen molar-refractivity contribution in [1.29, 1.82) is 0 Å². The van der Waals surface area contributed by atoms with E-state index in [0.717, 1.165) is 48.1 Å². The molecular weight excluding hydrogens is 461 g/mol. The van der Waals surface area contributed by atoms with E-state index >= 15 is 0 Å². The molecular formula is C33H42FNO2. The molecule has 3 rings (SSSR count). The van der Waals surface area contributed by atoms with Gasteiger partial charge in [-0.1, -0.05) is 108 Å². The highest BCUT2D eigenvalue weighted by molar-refractivity contribution is 5.74. The summed E-state index contributed by atoms with van der Waals surface area (Å²) < 4.78 is 19.3. The quantitative estimate of drug-likeness (QED) is 0.111. The normalized spacial score (nSPS) is 11.9. The summed E-state index contributed by atoms with van der Waals surface area (Å²) in [5.74, 6) is -0.0806. The Balaban J connectivity index is 1.48. The van der Waals surface area contributed by atoms with Crippen molar-refractivity contribution < 1.29 is 13.9 Å². The number of rotatable bonds is 16. The van der Waals surface area contributed by atoms with Crippen LogP contribution in [0.5, 0.6) is 5.75 Å². The minimum absolute atomic E-state index is 0.193. The molecule has 0 aliphatic carbocycles. The summed E-state index contributed by atoms with van der Waals surface area (Å²) in [5, 5.41) is 0. The summed E-state index contributed by atoms with van der Waals surface area (Å²) in [6.07, 6.45) is 12.9. The Morgan fingerprint density at radius 3 is 2.00 bits per heavy atom. The van der Waals surface area contributed by atoms with Crippen molar-refractivity contribution in [1.82, 2.24) is 4.98 Å². The number of carbonyl (C=O) groups is 1. The number of hydrogen-bond acceptors (Lipinski definition) is 3. The molecule has 3 nitrogen and oxygen atoms in total. The first kappa shape index (κ1) is 28.6. The number of esters is 1. The Morgan fingerprint density at radius 1 is 0.757 bits per heavy atom. The van der Waals surface area contributed by atoms with E-state index in [1.165, 1.54) is 44.1 Å². The van der Waals surface area contributed by atoms with Crippen LogP contribution in [0.2, 0.25) is 0 Å². The number of hydrogen-bond donors (Lipinski definition) is 0. The zero-order valence-electron chi connectivity index (χ0n) is 22.6. The molecule has 0 fully saturated rings. The molecule has 0 aliphatic heterocycles. The van der Waals surface area contributed by atoms with E-state index in [1.807, 2.05) is 18.3 Å². The van der Waals surface area contributed by atoms with Gasteiger partial charge >= 0.3 is 5.97 Å².